The Labute approximate surface area is 163 Å². The molecule has 1 unspecified atom stereocenters. The van der Waals surface area contributed by atoms with Crippen LogP contribution in [0.15, 0.2) is 24.3 Å². The fraction of sp³-hybridized carbons (Fsp3) is 0.529. The van der Waals surface area contributed by atoms with Crippen LogP contribution < -0.4 is 0 Å². The van der Waals surface area contributed by atoms with Gasteiger partial charge in [0.2, 0.25) is 0 Å². The van der Waals surface area contributed by atoms with Crippen LogP contribution in [0.1, 0.15) is 18.9 Å². The molecular weight excluding hydrogens is 432 g/mol. The van der Waals surface area contributed by atoms with Crippen molar-refractivity contribution >= 4 is 41.2 Å². The molecule has 0 aromatic heterocycles. The Bertz CT molecular complexity index is 607. The zero-order valence-electron chi connectivity index (χ0n) is 14.5. The van der Waals surface area contributed by atoms with E-state index >= 15 is 0 Å². The molecule has 0 spiro atoms. The van der Waals surface area contributed by atoms with Crippen LogP contribution in [0.4, 0.5) is 0 Å². The maximum atomic E-state index is 12.2. The van der Waals surface area contributed by atoms with Gasteiger partial charge >= 0.3 is 7.12 Å². The monoisotopic (exact) mass is 457 g/mol. The number of nitrogens with zero attached hydrogens (tertiary/aromatic N) is 2. The van der Waals surface area contributed by atoms with Crippen molar-refractivity contribution in [1.29, 1.82) is 5.41 Å². The maximum Gasteiger partial charge on any atom is 0.461 e. The Morgan fingerprint density at radius 3 is 2.48 bits per heavy atom. The highest BCUT2D eigenvalue weighted by molar-refractivity contribution is 14.1. The minimum absolute atomic E-state index is 0.180. The lowest BCUT2D eigenvalue weighted by molar-refractivity contribution is -0.114. The smallest absolute Gasteiger partial charge is 0.427 e. The molecule has 3 N–H and O–H groups in total. The van der Waals surface area contributed by atoms with Gasteiger partial charge in [-0.25, -0.2) is 0 Å². The number of halogens is 1. The predicted molar refractivity (Wildman–Crippen MR) is 108 cm³/mol. The predicted octanol–water partition coefficient (Wildman–Crippen LogP) is 1.25. The molecular formula is C17H25BIN3O3. The van der Waals surface area contributed by atoms with Crippen LogP contribution in [0.5, 0.6) is 0 Å². The number of carbonyl (C=O) groups excluding carboxylic acids is 1. The van der Waals surface area contributed by atoms with Crippen molar-refractivity contribution in [3.05, 3.63) is 33.4 Å². The highest BCUT2D eigenvalue weighted by Gasteiger charge is 2.31. The van der Waals surface area contributed by atoms with Crippen LogP contribution in [0.3, 0.4) is 0 Å². The number of nitrogens with one attached hydrogen (secondary N) is 1. The number of Topliss-reactive ketones (excluding diaryl/α,β-unsaturated/α-hetero) is 1. The van der Waals surface area contributed by atoms with Gasteiger partial charge in [0, 0.05) is 42.1 Å². The first-order chi connectivity index (χ1) is 11.9. The molecule has 2 rings (SSSR count). The van der Waals surface area contributed by atoms with Gasteiger partial charge in [-0.15, -0.1) is 0 Å². The SMILES string of the molecule is CCC(B(O)O)C(=N)C(=O)CN1CCN(Cc2cccc(I)c2)CC1. The van der Waals surface area contributed by atoms with E-state index in [0.29, 0.717) is 6.42 Å². The molecule has 0 aliphatic carbocycles. The Morgan fingerprint density at radius 2 is 1.92 bits per heavy atom. The van der Waals surface area contributed by atoms with Gasteiger partial charge in [0.1, 0.15) is 0 Å². The highest BCUT2D eigenvalue weighted by atomic mass is 127. The molecule has 0 bridgehead atoms. The Balaban J connectivity index is 1.80. The van der Waals surface area contributed by atoms with Crippen LogP contribution in [-0.2, 0) is 11.3 Å². The van der Waals surface area contributed by atoms with E-state index in [4.69, 9.17) is 5.41 Å². The van der Waals surface area contributed by atoms with Gasteiger partial charge in [-0.05, 0) is 46.7 Å². The lowest BCUT2D eigenvalue weighted by Gasteiger charge is -2.34. The second-order valence-electron chi connectivity index (χ2n) is 6.45. The van der Waals surface area contributed by atoms with E-state index in [-0.39, 0.29) is 18.0 Å². The molecule has 0 amide bonds. The van der Waals surface area contributed by atoms with Crippen molar-refractivity contribution in [3.8, 4) is 0 Å². The zero-order chi connectivity index (χ0) is 18.4. The highest BCUT2D eigenvalue weighted by Crippen LogP contribution is 2.16. The summed E-state index contributed by atoms with van der Waals surface area (Å²) >= 11 is 2.31. The van der Waals surface area contributed by atoms with Crippen molar-refractivity contribution in [2.45, 2.75) is 25.7 Å². The number of hydrogen-bond acceptors (Lipinski definition) is 6. The van der Waals surface area contributed by atoms with Gasteiger partial charge < -0.3 is 15.5 Å². The van der Waals surface area contributed by atoms with Gasteiger partial charge in [-0.1, -0.05) is 19.1 Å². The first kappa shape index (κ1) is 20.5. The summed E-state index contributed by atoms with van der Waals surface area (Å²) in [5.41, 5.74) is 1.11. The molecule has 6 nitrogen and oxygen atoms in total. The fourth-order valence-corrected chi connectivity index (χ4v) is 3.67. The summed E-state index contributed by atoms with van der Waals surface area (Å²) in [5, 5.41) is 26.4. The molecule has 1 aromatic rings. The molecule has 1 aromatic carbocycles. The van der Waals surface area contributed by atoms with E-state index in [1.165, 1.54) is 9.13 Å². The van der Waals surface area contributed by atoms with E-state index in [2.05, 4.69) is 51.8 Å². The number of benzene rings is 1. The lowest BCUT2D eigenvalue weighted by Crippen LogP contribution is -2.48. The number of hydrogen-bond donors (Lipinski definition) is 3. The minimum Gasteiger partial charge on any atom is -0.427 e. The molecule has 1 fully saturated rings. The zero-order valence-corrected chi connectivity index (χ0v) is 16.6. The largest absolute Gasteiger partial charge is 0.461 e. The second-order valence-corrected chi connectivity index (χ2v) is 7.69. The molecule has 1 atom stereocenters. The van der Waals surface area contributed by atoms with Crippen LogP contribution in [-0.4, -0.2) is 71.2 Å². The van der Waals surface area contributed by atoms with Crippen molar-refractivity contribution in [1.82, 2.24) is 9.80 Å². The summed E-state index contributed by atoms with van der Waals surface area (Å²) in [4.78, 5) is 16.6. The average molecular weight is 457 g/mol. The van der Waals surface area contributed by atoms with Crippen molar-refractivity contribution in [2.24, 2.45) is 0 Å². The lowest BCUT2D eigenvalue weighted by atomic mass is 9.67. The molecule has 25 heavy (non-hydrogen) atoms. The van der Waals surface area contributed by atoms with E-state index in [0.717, 1.165) is 32.7 Å². The van der Waals surface area contributed by atoms with Gasteiger partial charge in [0.05, 0.1) is 12.3 Å². The third-order valence-electron chi connectivity index (χ3n) is 4.60. The van der Waals surface area contributed by atoms with Crippen molar-refractivity contribution in [2.75, 3.05) is 32.7 Å². The third-order valence-corrected chi connectivity index (χ3v) is 5.27. The van der Waals surface area contributed by atoms with Crippen LogP contribution >= 0.6 is 22.6 Å². The molecule has 1 heterocycles. The summed E-state index contributed by atoms with van der Waals surface area (Å²) in [7, 11) is -1.65. The summed E-state index contributed by atoms with van der Waals surface area (Å²) in [5.74, 6) is -1.11. The maximum absolute atomic E-state index is 12.2. The first-order valence-electron chi connectivity index (χ1n) is 8.57. The Kier molecular flexibility index (Phi) is 8.02. The standard InChI is InChI=1S/C17H25BIN3O3/c1-2-15(18(24)25)17(20)16(23)12-22-8-6-21(7-9-22)11-13-4-3-5-14(19)10-13/h3-5,10,15,20,24-25H,2,6-9,11-12H2,1H3. The first-order valence-corrected chi connectivity index (χ1v) is 9.65. The summed E-state index contributed by atoms with van der Waals surface area (Å²) in [6.07, 6.45) is 0.367. The Morgan fingerprint density at radius 1 is 1.28 bits per heavy atom. The summed E-state index contributed by atoms with van der Waals surface area (Å²) < 4.78 is 1.23. The average Bonchev–Trinajstić information content (AvgIpc) is 2.57. The molecule has 1 aliphatic rings. The number of ketones is 1. The summed E-state index contributed by atoms with van der Waals surface area (Å²) in [6, 6.07) is 8.46. The molecule has 1 aliphatic heterocycles. The topological polar surface area (TPSA) is 87.9 Å². The van der Waals surface area contributed by atoms with Gasteiger partial charge in [-0.2, -0.15) is 0 Å². The van der Waals surface area contributed by atoms with Crippen LogP contribution in [0.25, 0.3) is 0 Å². The third kappa shape index (κ3) is 6.14. The second kappa shape index (κ2) is 9.77. The van der Waals surface area contributed by atoms with Gasteiger partial charge in [0.15, 0.2) is 5.78 Å². The molecule has 0 saturated carbocycles. The summed E-state index contributed by atoms with van der Waals surface area (Å²) in [6.45, 7) is 6.15. The molecule has 0 radical (unpaired) electrons. The molecule has 136 valence electrons. The minimum atomic E-state index is -1.65. The van der Waals surface area contributed by atoms with Crippen molar-refractivity contribution in [3.63, 3.8) is 0 Å². The fourth-order valence-electron chi connectivity index (χ4n) is 3.06. The Hall–Kier alpha value is -0.805. The van der Waals surface area contributed by atoms with Crippen molar-refractivity contribution < 1.29 is 14.8 Å². The normalized spacial score (nSPS) is 17.3. The number of carbonyl (C=O) groups is 1. The molecule has 8 heteroatoms. The van der Waals surface area contributed by atoms with E-state index in [9.17, 15) is 14.8 Å². The van der Waals surface area contributed by atoms with Gasteiger partial charge in [0.25, 0.3) is 0 Å². The van der Waals surface area contributed by atoms with Crippen LogP contribution in [0.2, 0.25) is 5.82 Å². The quantitative estimate of drug-likeness (QED) is 0.311. The van der Waals surface area contributed by atoms with E-state index < -0.39 is 12.9 Å². The van der Waals surface area contributed by atoms with Gasteiger partial charge in [-0.3, -0.25) is 14.6 Å². The molecule has 1 saturated heterocycles. The number of rotatable bonds is 8. The van der Waals surface area contributed by atoms with E-state index in [1.807, 2.05) is 4.90 Å². The number of piperazine rings is 1. The van der Waals surface area contributed by atoms with Crippen LogP contribution in [0, 0.1) is 8.98 Å². The van der Waals surface area contributed by atoms with E-state index in [1.54, 1.807) is 6.92 Å².